The van der Waals surface area contributed by atoms with Crippen LogP contribution in [0, 0.1) is 0 Å². The summed E-state index contributed by atoms with van der Waals surface area (Å²) in [5.74, 6) is -1.29. The number of nitrogens with one attached hydrogen (secondary N) is 2. The fourth-order valence-electron chi connectivity index (χ4n) is 2.40. The van der Waals surface area contributed by atoms with Gasteiger partial charge in [0, 0.05) is 18.6 Å². The van der Waals surface area contributed by atoms with Crippen molar-refractivity contribution in [1.29, 1.82) is 0 Å². The minimum atomic E-state index is -0.850. The van der Waals surface area contributed by atoms with E-state index in [-0.39, 0.29) is 24.4 Å². The van der Waals surface area contributed by atoms with E-state index in [1.54, 1.807) is 53.4 Å². The van der Waals surface area contributed by atoms with Crippen molar-refractivity contribution in [3.8, 4) is 0 Å². The molecule has 0 spiro atoms. The van der Waals surface area contributed by atoms with Crippen LogP contribution in [0.2, 0.25) is 0 Å². The van der Waals surface area contributed by atoms with Gasteiger partial charge in [-0.1, -0.05) is 18.2 Å². The predicted molar refractivity (Wildman–Crippen MR) is 97.5 cm³/mol. The van der Waals surface area contributed by atoms with E-state index < -0.39 is 17.4 Å². The van der Waals surface area contributed by atoms with Gasteiger partial charge in [0.05, 0.1) is 11.0 Å². The summed E-state index contributed by atoms with van der Waals surface area (Å²) in [6, 6.07) is 12.4. The van der Waals surface area contributed by atoms with E-state index >= 15 is 0 Å². The number of benzene rings is 1. The van der Waals surface area contributed by atoms with Crippen LogP contribution in [0.3, 0.4) is 0 Å². The number of para-hydroxylation sites is 2. The van der Waals surface area contributed by atoms with Gasteiger partial charge in [0.25, 0.3) is 11.5 Å². The molecule has 0 saturated carbocycles. The maximum absolute atomic E-state index is 12.2. The average Bonchev–Trinajstić information content (AvgIpc) is 2.66. The summed E-state index contributed by atoms with van der Waals surface area (Å²) in [6.45, 7) is 0.0190. The number of rotatable bonds is 6. The van der Waals surface area contributed by atoms with Crippen LogP contribution in [-0.2, 0) is 22.6 Å². The number of carbonyl (C=O) groups excluding carboxylic acids is 2. The first-order valence-corrected chi connectivity index (χ1v) is 8.10. The molecule has 1 aromatic carbocycles. The summed E-state index contributed by atoms with van der Waals surface area (Å²) in [7, 11) is 0. The third-order valence-corrected chi connectivity index (χ3v) is 3.71. The van der Waals surface area contributed by atoms with Crippen LogP contribution in [0.1, 0.15) is 5.69 Å². The highest BCUT2D eigenvalue weighted by atomic mass is 16.2. The molecule has 0 atom stereocenters. The Labute approximate surface area is 153 Å². The molecule has 27 heavy (non-hydrogen) atoms. The van der Waals surface area contributed by atoms with Crippen molar-refractivity contribution in [3.63, 3.8) is 0 Å². The van der Waals surface area contributed by atoms with Gasteiger partial charge in [0.15, 0.2) is 12.4 Å². The smallest absolute Gasteiger partial charge is 0.305 e. The van der Waals surface area contributed by atoms with E-state index in [4.69, 9.17) is 5.73 Å². The number of aromatic nitrogens is 3. The SMILES string of the molecule is NC(=O)/C(Cc1nc2ccccc2[nH]c1=O)=N/NC(=O)C[n+]1ccccc1. The van der Waals surface area contributed by atoms with Gasteiger partial charge < -0.3 is 10.7 Å². The fraction of sp³-hybridized carbons (Fsp3) is 0.111. The molecule has 4 N–H and O–H groups in total. The van der Waals surface area contributed by atoms with E-state index in [9.17, 15) is 14.4 Å². The Morgan fingerprint density at radius 3 is 2.63 bits per heavy atom. The molecular weight excluding hydrogens is 348 g/mol. The summed E-state index contributed by atoms with van der Waals surface area (Å²) in [5.41, 5.74) is 8.21. The standard InChI is InChI=1S/C18H16N6O3/c19-17(26)14(22-23-16(25)11-24-8-4-1-5-9-24)10-15-18(27)21-13-7-3-2-6-12(13)20-15/h1-9H,10-11H2,(H3-,19,21,23,25,26,27)/p+1. The third kappa shape index (κ3) is 4.60. The molecule has 2 amide bonds. The molecule has 0 aliphatic carbocycles. The zero-order valence-electron chi connectivity index (χ0n) is 14.3. The monoisotopic (exact) mass is 365 g/mol. The molecule has 0 radical (unpaired) electrons. The molecule has 9 nitrogen and oxygen atoms in total. The van der Waals surface area contributed by atoms with Crippen LogP contribution in [0.5, 0.6) is 0 Å². The Morgan fingerprint density at radius 2 is 1.89 bits per heavy atom. The topological polar surface area (TPSA) is 134 Å². The molecule has 0 unspecified atom stereocenters. The van der Waals surface area contributed by atoms with Gasteiger partial charge in [0.1, 0.15) is 11.4 Å². The number of amides is 2. The second-order valence-electron chi connectivity index (χ2n) is 5.71. The second kappa shape index (κ2) is 8.00. The second-order valence-corrected chi connectivity index (χ2v) is 5.71. The van der Waals surface area contributed by atoms with Crippen LogP contribution in [0.15, 0.2) is 64.8 Å². The van der Waals surface area contributed by atoms with Gasteiger partial charge in [-0.25, -0.2) is 10.4 Å². The number of pyridine rings is 1. The lowest BCUT2D eigenvalue weighted by Crippen LogP contribution is -2.41. The molecule has 2 heterocycles. The van der Waals surface area contributed by atoms with Crippen molar-refractivity contribution in [2.24, 2.45) is 10.8 Å². The quantitative estimate of drug-likeness (QED) is 0.306. The number of nitrogens with zero attached hydrogens (tertiary/aromatic N) is 3. The molecule has 9 heteroatoms. The lowest BCUT2D eigenvalue weighted by molar-refractivity contribution is -0.684. The largest absolute Gasteiger partial charge is 0.364 e. The van der Waals surface area contributed by atoms with Gasteiger partial charge in [-0.3, -0.25) is 14.4 Å². The first kappa shape index (κ1) is 17.9. The molecule has 0 aliphatic heterocycles. The maximum atomic E-state index is 12.2. The number of carbonyl (C=O) groups is 2. The maximum Gasteiger partial charge on any atom is 0.305 e. The molecular formula is C18H17N6O3+. The number of hydrogen-bond acceptors (Lipinski definition) is 5. The van der Waals surface area contributed by atoms with Crippen molar-refractivity contribution in [3.05, 3.63) is 70.9 Å². The third-order valence-electron chi connectivity index (χ3n) is 3.71. The number of hydrogen-bond donors (Lipinski definition) is 3. The minimum Gasteiger partial charge on any atom is -0.364 e. The molecule has 3 aromatic rings. The van der Waals surface area contributed by atoms with Crippen LogP contribution in [0.4, 0.5) is 0 Å². The number of aromatic amines is 1. The Kier molecular flexibility index (Phi) is 5.31. The predicted octanol–water partition coefficient (Wildman–Crippen LogP) is -0.589. The Morgan fingerprint density at radius 1 is 1.15 bits per heavy atom. The van der Waals surface area contributed by atoms with Crippen LogP contribution >= 0.6 is 0 Å². The van der Waals surface area contributed by atoms with E-state index in [0.717, 1.165) is 0 Å². The van der Waals surface area contributed by atoms with Gasteiger partial charge in [-0.15, -0.1) is 0 Å². The normalized spacial score (nSPS) is 11.3. The summed E-state index contributed by atoms with van der Waals surface area (Å²) in [5, 5.41) is 3.77. The van der Waals surface area contributed by atoms with E-state index in [1.807, 2.05) is 6.07 Å². The molecule has 0 bridgehead atoms. The van der Waals surface area contributed by atoms with Crippen molar-refractivity contribution in [2.75, 3.05) is 0 Å². The molecule has 0 aliphatic rings. The van der Waals surface area contributed by atoms with Crippen molar-refractivity contribution in [2.45, 2.75) is 13.0 Å². The summed E-state index contributed by atoms with van der Waals surface area (Å²) in [4.78, 5) is 42.7. The van der Waals surface area contributed by atoms with Crippen LogP contribution in [0.25, 0.3) is 11.0 Å². The first-order valence-electron chi connectivity index (χ1n) is 8.10. The molecule has 136 valence electrons. The molecule has 0 saturated heterocycles. The van der Waals surface area contributed by atoms with E-state index in [1.165, 1.54) is 0 Å². The minimum absolute atomic E-state index is 0.0190. The Bertz CT molecular complexity index is 1080. The highest BCUT2D eigenvalue weighted by Gasteiger charge is 2.15. The lowest BCUT2D eigenvalue weighted by Gasteiger charge is -2.04. The summed E-state index contributed by atoms with van der Waals surface area (Å²) < 4.78 is 1.64. The summed E-state index contributed by atoms with van der Waals surface area (Å²) >= 11 is 0. The van der Waals surface area contributed by atoms with Gasteiger partial charge in [-0.05, 0) is 12.1 Å². The fourth-order valence-corrected chi connectivity index (χ4v) is 2.40. The average molecular weight is 365 g/mol. The number of fused-ring (bicyclic) bond motifs is 1. The van der Waals surface area contributed by atoms with E-state index in [2.05, 4.69) is 20.5 Å². The first-order chi connectivity index (χ1) is 13.0. The molecule has 0 fully saturated rings. The highest BCUT2D eigenvalue weighted by molar-refractivity contribution is 6.38. The number of H-pyrrole nitrogens is 1. The molecule has 3 rings (SSSR count). The zero-order chi connectivity index (χ0) is 19.2. The van der Waals surface area contributed by atoms with E-state index in [0.29, 0.717) is 11.0 Å². The highest BCUT2D eigenvalue weighted by Crippen LogP contribution is 2.06. The van der Waals surface area contributed by atoms with Crippen LogP contribution in [-0.4, -0.2) is 27.5 Å². The van der Waals surface area contributed by atoms with Crippen LogP contribution < -0.4 is 21.3 Å². The number of primary amides is 1. The van der Waals surface area contributed by atoms with Gasteiger partial charge in [0.2, 0.25) is 6.54 Å². The summed E-state index contributed by atoms with van der Waals surface area (Å²) in [6.07, 6.45) is 3.24. The molecule has 2 aromatic heterocycles. The van der Waals surface area contributed by atoms with Crippen molar-refractivity contribution >= 4 is 28.6 Å². The van der Waals surface area contributed by atoms with Crippen molar-refractivity contribution < 1.29 is 14.2 Å². The van der Waals surface area contributed by atoms with Gasteiger partial charge in [-0.2, -0.15) is 9.67 Å². The van der Waals surface area contributed by atoms with Crippen molar-refractivity contribution in [1.82, 2.24) is 15.4 Å². The number of nitrogens with two attached hydrogens (primary N) is 1. The Balaban J connectivity index is 1.77. The van der Waals surface area contributed by atoms with Gasteiger partial charge >= 0.3 is 5.91 Å². The number of hydrazone groups is 1. The lowest BCUT2D eigenvalue weighted by atomic mass is 10.2. The Hall–Kier alpha value is -3.88. The zero-order valence-corrected chi connectivity index (χ0v) is 14.3.